The maximum absolute atomic E-state index is 13.6. The quantitative estimate of drug-likeness (QED) is 0.454. The van der Waals surface area contributed by atoms with Crippen LogP contribution in [0, 0.1) is 56.1 Å². The third-order valence-electron chi connectivity index (χ3n) is 4.38. The molecule has 3 aromatic carbocycles. The molecule has 0 aliphatic carbocycles. The number of aryl methyl sites for hydroxylation is 2. The van der Waals surface area contributed by atoms with Crippen LogP contribution in [0.15, 0.2) is 54.6 Å². The van der Waals surface area contributed by atoms with Gasteiger partial charge in [0.15, 0.2) is 0 Å². The van der Waals surface area contributed by atoms with Crippen molar-refractivity contribution in [3.63, 3.8) is 0 Å². The summed E-state index contributed by atoms with van der Waals surface area (Å²) in [6.07, 6.45) is 0. The molecule has 0 aliphatic heterocycles. The summed E-state index contributed by atoms with van der Waals surface area (Å²) in [6.45, 7) is 5.55. The van der Waals surface area contributed by atoms with Gasteiger partial charge in [-0.3, -0.25) is 0 Å². The highest BCUT2D eigenvalue weighted by Crippen LogP contribution is 2.14. The van der Waals surface area contributed by atoms with Gasteiger partial charge in [0.25, 0.3) is 0 Å². The molecule has 0 heterocycles. The van der Waals surface area contributed by atoms with E-state index in [2.05, 4.69) is 49.7 Å². The van der Waals surface area contributed by atoms with Crippen molar-refractivity contribution in [2.45, 2.75) is 20.8 Å². The Morgan fingerprint density at radius 3 is 1.48 bits per heavy atom. The number of hydrogen-bond acceptors (Lipinski definition) is 0. The summed E-state index contributed by atoms with van der Waals surface area (Å²) in [4.78, 5) is 0. The molecule has 0 aromatic heterocycles. The standard InChI is InChI=1S/C25H18F2/c1-17-4-5-22(14-18(17)2)12-10-20-6-8-21(9-7-20)11-13-23-15-24(26)19(3)25(27)16-23/h4-9,14-16H,1-3H3. The van der Waals surface area contributed by atoms with Crippen molar-refractivity contribution in [2.75, 3.05) is 0 Å². The average Bonchev–Trinajstić information content (AvgIpc) is 2.66. The molecule has 0 N–H and O–H groups in total. The minimum atomic E-state index is -0.587. The van der Waals surface area contributed by atoms with Crippen molar-refractivity contribution < 1.29 is 8.78 Å². The van der Waals surface area contributed by atoms with E-state index in [0.29, 0.717) is 5.56 Å². The van der Waals surface area contributed by atoms with Crippen LogP contribution in [0.2, 0.25) is 0 Å². The van der Waals surface area contributed by atoms with Gasteiger partial charge >= 0.3 is 0 Å². The summed E-state index contributed by atoms with van der Waals surface area (Å²) in [7, 11) is 0. The van der Waals surface area contributed by atoms with Gasteiger partial charge in [0.2, 0.25) is 0 Å². The van der Waals surface area contributed by atoms with Gasteiger partial charge in [-0.05, 0) is 80.4 Å². The fourth-order valence-corrected chi connectivity index (χ4v) is 2.46. The van der Waals surface area contributed by atoms with E-state index >= 15 is 0 Å². The summed E-state index contributed by atoms with van der Waals surface area (Å²) in [5, 5.41) is 0. The average molecular weight is 356 g/mol. The molecule has 0 atom stereocenters. The van der Waals surface area contributed by atoms with E-state index in [1.165, 1.54) is 30.2 Å². The maximum atomic E-state index is 13.6. The Morgan fingerprint density at radius 2 is 0.963 bits per heavy atom. The highest BCUT2D eigenvalue weighted by molar-refractivity contribution is 5.49. The molecule has 0 radical (unpaired) electrons. The summed E-state index contributed by atoms with van der Waals surface area (Å²) >= 11 is 0. The van der Waals surface area contributed by atoms with Crippen molar-refractivity contribution in [3.05, 3.63) is 105 Å². The lowest BCUT2D eigenvalue weighted by Crippen LogP contribution is -1.90. The van der Waals surface area contributed by atoms with Gasteiger partial charge in [0, 0.05) is 27.8 Å². The third-order valence-corrected chi connectivity index (χ3v) is 4.38. The molecule has 0 saturated heterocycles. The normalized spacial score (nSPS) is 9.81. The number of rotatable bonds is 0. The molecular weight excluding hydrogens is 338 g/mol. The van der Waals surface area contributed by atoms with Crippen LogP contribution in [0.1, 0.15) is 38.9 Å². The molecule has 0 fully saturated rings. The first kappa shape index (κ1) is 18.4. The SMILES string of the molecule is Cc1ccc(C#Cc2ccc(C#Cc3cc(F)c(C)c(F)c3)cc2)cc1C. The molecule has 132 valence electrons. The van der Waals surface area contributed by atoms with E-state index in [1.54, 1.807) is 0 Å². The number of benzene rings is 3. The Kier molecular flexibility index (Phi) is 5.39. The first-order valence-corrected chi connectivity index (χ1v) is 8.59. The van der Waals surface area contributed by atoms with E-state index in [4.69, 9.17) is 0 Å². The molecule has 3 aromatic rings. The highest BCUT2D eigenvalue weighted by atomic mass is 19.1. The van der Waals surface area contributed by atoms with Crippen molar-refractivity contribution in [3.8, 4) is 23.7 Å². The first-order chi connectivity index (χ1) is 12.9. The second kappa shape index (κ2) is 7.90. The molecule has 0 saturated carbocycles. The van der Waals surface area contributed by atoms with Crippen molar-refractivity contribution in [1.29, 1.82) is 0 Å². The van der Waals surface area contributed by atoms with E-state index in [-0.39, 0.29) is 5.56 Å². The van der Waals surface area contributed by atoms with E-state index in [9.17, 15) is 8.78 Å². The van der Waals surface area contributed by atoms with Crippen LogP contribution in [-0.2, 0) is 0 Å². The lowest BCUT2D eigenvalue weighted by atomic mass is 10.1. The minimum absolute atomic E-state index is 0.00671. The second-order valence-electron chi connectivity index (χ2n) is 6.44. The molecule has 2 heteroatoms. The molecule has 3 rings (SSSR count). The van der Waals surface area contributed by atoms with Gasteiger partial charge in [-0.1, -0.05) is 29.7 Å². The Balaban J connectivity index is 1.77. The van der Waals surface area contributed by atoms with Crippen LogP contribution < -0.4 is 0 Å². The Labute approximate surface area is 158 Å². The van der Waals surface area contributed by atoms with Crippen LogP contribution >= 0.6 is 0 Å². The molecule has 0 amide bonds. The fourth-order valence-electron chi connectivity index (χ4n) is 2.46. The number of hydrogen-bond donors (Lipinski definition) is 0. The zero-order valence-corrected chi connectivity index (χ0v) is 15.5. The summed E-state index contributed by atoms with van der Waals surface area (Å²) in [5.41, 5.74) is 5.40. The van der Waals surface area contributed by atoms with Crippen LogP contribution in [0.25, 0.3) is 0 Å². The predicted molar refractivity (Wildman–Crippen MR) is 105 cm³/mol. The van der Waals surface area contributed by atoms with Crippen LogP contribution in [0.4, 0.5) is 8.78 Å². The molecule has 0 unspecified atom stereocenters. The van der Waals surface area contributed by atoms with Gasteiger partial charge in [0.1, 0.15) is 11.6 Å². The smallest absolute Gasteiger partial charge is 0.130 e. The lowest BCUT2D eigenvalue weighted by Gasteiger charge is -1.99. The van der Waals surface area contributed by atoms with Gasteiger partial charge in [-0.25, -0.2) is 8.78 Å². The largest absolute Gasteiger partial charge is 0.207 e. The highest BCUT2D eigenvalue weighted by Gasteiger charge is 2.05. The zero-order chi connectivity index (χ0) is 19.4. The Morgan fingerprint density at radius 1 is 0.519 bits per heavy atom. The Hall–Kier alpha value is -3.36. The molecule has 27 heavy (non-hydrogen) atoms. The minimum Gasteiger partial charge on any atom is -0.207 e. The van der Waals surface area contributed by atoms with Crippen molar-refractivity contribution in [1.82, 2.24) is 0 Å². The molecule has 0 spiro atoms. The van der Waals surface area contributed by atoms with Gasteiger partial charge in [-0.15, -0.1) is 0 Å². The summed E-state index contributed by atoms with van der Waals surface area (Å²) < 4.78 is 27.1. The topological polar surface area (TPSA) is 0 Å². The van der Waals surface area contributed by atoms with Crippen molar-refractivity contribution >= 4 is 0 Å². The van der Waals surface area contributed by atoms with E-state index in [1.807, 2.05) is 30.3 Å². The van der Waals surface area contributed by atoms with Crippen molar-refractivity contribution in [2.24, 2.45) is 0 Å². The van der Waals surface area contributed by atoms with Gasteiger partial charge in [0.05, 0.1) is 0 Å². The van der Waals surface area contributed by atoms with E-state index in [0.717, 1.165) is 16.7 Å². The van der Waals surface area contributed by atoms with Crippen LogP contribution in [0.3, 0.4) is 0 Å². The summed E-state index contributed by atoms with van der Waals surface area (Å²) in [6, 6.07) is 16.1. The van der Waals surface area contributed by atoms with Crippen LogP contribution in [-0.4, -0.2) is 0 Å². The molecule has 0 bridgehead atoms. The summed E-state index contributed by atoms with van der Waals surface area (Å²) in [5.74, 6) is 10.8. The fraction of sp³-hybridized carbons (Fsp3) is 0.120. The Bertz CT molecular complexity index is 1090. The predicted octanol–water partition coefficient (Wildman–Crippen LogP) is 5.69. The van der Waals surface area contributed by atoms with Gasteiger partial charge in [-0.2, -0.15) is 0 Å². The molecular formula is C25H18F2. The molecule has 0 nitrogen and oxygen atoms in total. The monoisotopic (exact) mass is 356 g/mol. The van der Waals surface area contributed by atoms with Crippen LogP contribution in [0.5, 0.6) is 0 Å². The molecule has 0 aliphatic rings. The third kappa shape index (κ3) is 4.63. The maximum Gasteiger partial charge on any atom is 0.130 e. The van der Waals surface area contributed by atoms with E-state index < -0.39 is 11.6 Å². The number of halogens is 2. The zero-order valence-electron chi connectivity index (χ0n) is 15.5. The second-order valence-corrected chi connectivity index (χ2v) is 6.44. The lowest BCUT2D eigenvalue weighted by molar-refractivity contribution is 0.567. The van der Waals surface area contributed by atoms with Gasteiger partial charge < -0.3 is 0 Å². The first-order valence-electron chi connectivity index (χ1n) is 8.59.